The van der Waals surface area contributed by atoms with Crippen molar-refractivity contribution < 1.29 is 32.2 Å². The van der Waals surface area contributed by atoms with Crippen LogP contribution in [0.1, 0.15) is 5.56 Å². The summed E-state index contributed by atoms with van der Waals surface area (Å²) in [6.45, 7) is -0.346. The molecule has 1 atom stereocenters. The number of hydrogen-bond acceptors (Lipinski definition) is 8. The molecule has 32 heavy (non-hydrogen) atoms. The molecule has 0 saturated heterocycles. The van der Waals surface area contributed by atoms with Gasteiger partial charge in [-0.3, -0.25) is 19.3 Å². The number of rotatable bonds is 6. The van der Waals surface area contributed by atoms with Crippen LogP contribution in [-0.4, -0.2) is 70.5 Å². The molecule has 1 amide bonds. The first-order valence-corrected chi connectivity index (χ1v) is 11.3. The maximum Gasteiger partial charge on any atom is 0.328 e. The summed E-state index contributed by atoms with van der Waals surface area (Å²) in [5, 5.41) is 0. The highest BCUT2D eigenvalue weighted by molar-refractivity contribution is 7.90. The highest BCUT2D eigenvalue weighted by Gasteiger charge is 2.30. The van der Waals surface area contributed by atoms with Crippen LogP contribution in [0, 0.1) is 0 Å². The van der Waals surface area contributed by atoms with Gasteiger partial charge in [0.2, 0.25) is 0 Å². The molecule has 0 aromatic heterocycles. The number of carbonyl (C=O) groups is 2. The number of benzene rings is 2. The number of nitrogens with zero attached hydrogens (tertiary/aromatic N) is 2. The number of amides is 1. The fourth-order valence-electron chi connectivity index (χ4n) is 3.25. The first-order valence-electron chi connectivity index (χ1n) is 9.78. The minimum atomic E-state index is -3.69. The molecule has 2 aliphatic rings. The molecule has 1 N–H and O–H groups in total. The number of aliphatic imine (C=N–C) groups is 1. The number of para-hydroxylation sites is 2. The molecule has 0 fully saturated rings. The largest absolute Gasteiger partial charge is 0.486 e. The zero-order valence-electron chi connectivity index (χ0n) is 17.2. The molecule has 0 aliphatic carbocycles. The van der Waals surface area contributed by atoms with Crippen LogP contribution < -0.4 is 14.2 Å². The van der Waals surface area contributed by atoms with Crippen LogP contribution in [0.25, 0.3) is 0 Å². The first-order chi connectivity index (χ1) is 15.3. The lowest BCUT2D eigenvalue weighted by atomic mass is 10.2. The van der Waals surface area contributed by atoms with E-state index in [1.165, 1.54) is 11.0 Å². The van der Waals surface area contributed by atoms with Gasteiger partial charge >= 0.3 is 5.97 Å². The summed E-state index contributed by atoms with van der Waals surface area (Å²) in [7, 11) is -2.11. The van der Waals surface area contributed by atoms with Crippen molar-refractivity contribution in [1.82, 2.24) is 9.62 Å². The monoisotopic (exact) mass is 459 g/mol. The molecule has 168 valence electrons. The van der Waals surface area contributed by atoms with E-state index in [-0.39, 0.29) is 23.4 Å². The Kier molecular flexibility index (Phi) is 5.99. The third-order valence-corrected chi connectivity index (χ3v) is 6.25. The van der Waals surface area contributed by atoms with Crippen molar-refractivity contribution >= 4 is 27.7 Å². The van der Waals surface area contributed by atoms with E-state index in [2.05, 4.69) is 9.71 Å². The lowest BCUT2D eigenvalue weighted by Crippen LogP contribution is -2.43. The number of hydrogen-bond donors (Lipinski definition) is 1. The fourth-order valence-corrected chi connectivity index (χ4v) is 4.50. The van der Waals surface area contributed by atoms with E-state index in [9.17, 15) is 18.0 Å². The number of ether oxygens (including phenoxy) is 3. The van der Waals surface area contributed by atoms with Crippen molar-refractivity contribution in [2.45, 2.75) is 11.0 Å². The topological polar surface area (TPSA) is 124 Å². The Labute approximate surface area is 184 Å². The van der Waals surface area contributed by atoms with Gasteiger partial charge in [0, 0.05) is 12.6 Å². The molecular weight excluding hydrogens is 438 g/mol. The van der Waals surface area contributed by atoms with Crippen molar-refractivity contribution in [3.63, 3.8) is 0 Å². The summed E-state index contributed by atoms with van der Waals surface area (Å²) in [6.07, 6.45) is -0.351. The standard InChI is InChI=1S/C21H21N3O7S/c1-24(11-14-12-29-16-7-3-4-8-17(16)31-14)19(25)13-30-20(26)10-22-21-15-6-2-5-9-18(15)32(27,28)23-21/h2-9,14H,10-13H2,1H3,(H,22,23)/t14-/m0/s1. The van der Waals surface area contributed by atoms with Gasteiger partial charge in [-0.1, -0.05) is 24.3 Å². The number of carbonyl (C=O) groups excluding carboxylic acids is 2. The van der Waals surface area contributed by atoms with Crippen molar-refractivity contribution in [1.29, 1.82) is 0 Å². The zero-order valence-corrected chi connectivity index (χ0v) is 18.0. The Balaban J connectivity index is 1.26. The van der Waals surface area contributed by atoms with Crippen LogP contribution in [0.4, 0.5) is 0 Å². The Morgan fingerprint density at radius 1 is 1.16 bits per heavy atom. The first kappa shape index (κ1) is 21.6. The average molecular weight is 459 g/mol. The predicted molar refractivity (Wildman–Crippen MR) is 113 cm³/mol. The van der Waals surface area contributed by atoms with Gasteiger partial charge in [-0.2, -0.15) is 0 Å². The van der Waals surface area contributed by atoms with Crippen LogP contribution in [0.15, 0.2) is 58.4 Å². The molecule has 0 bridgehead atoms. The molecule has 0 unspecified atom stereocenters. The Morgan fingerprint density at radius 2 is 1.88 bits per heavy atom. The predicted octanol–water partition coefficient (Wildman–Crippen LogP) is 0.567. The molecular formula is C21H21N3O7S. The summed E-state index contributed by atoms with van der Waals surface area (Å²) >= 11 is 0. The van der Waals surface area contributed by atoms with Gasteiger partial charge in [0.15, 0.2) is 24.2 Å². The van der Waals surface area contributed by atoms with Crippen molar-refractivity contribution in [2.24, 2.45) is 4.99 Å². The molecule has 2 aliphatic heterocycles. The molecule has 10 nitrogen and oxygen atoms in total. The SMILES string of the molecule is CN(C[C@H]1COc2ccccc2O1)C(=O)COC(=O)CN=C1NS(=O)(=O)c2ccccc21. The van der Waals surface area contributed by atoms with E-state index < -0.39 is 35.1 Å². The van der Waals surface area contributed by atoms with Crippen molar-refractivity contribution in [3.05, 3.63) is 54.1 Å². The van der Waals surface area contributed by atoms with E-state index in [0.29, 0.717) is 23.7 Å². The molecule has 11 heteroatoms. The lowest BCUT2D eigenvalue weighted by Gasteiger charge is -2.29. The van der Waals surface area contributed by atoms with Crippen LogP contribution in [0.5, 0.6) is 11.5 Å². The number of esters is 1. The molecule has 2 heterocycles. The van der Waals surface area contributed by atoms with Gasteiger partial charge in [-0.25, -0.2) is 8.42 Å². The minimum Gasteiger partial charge on any atom is -0.486 e. The van der Waals surface area contributed by atoms with Crippen molar-refractivity contribution in [2.75, 3.05) is 33.4 Å². The van der Waals surface area contributed by atoms with Crippen LogP contribution >= 0.6 is 0 Å². The van der Waals surface area contributed by atoms with Crippen LogP contribution in [0.2, 0.25) is 0 Å². The molecule has 0 radical (unpaired) electrons. The van der Waals surface area contributed by atoms with Crippen LogP contribution in [0.3, 0.4) is 0 Å². The van der Waals surface area contributed by atoms with Gasteiger partial charge in [-0.15, -0.1) is 0 Å². The van der Waals surface area contributed by atoms with E-state index >= 15 is 0 Å². The van der Waals surface area contributed by atoms with Gasteiger partial charge in [0.1, 0.15) is 19.0 Å². The van der Waals surface area contributed by atoms with E-state index in [4.69, 9.17) is 14.2 Å². The number of nitrogens with one attached hydrogen (secondary N) is 1. The smallest absolute Gasteiger partial charge is 0.328 e. The number of sulfonamides is 1. The molecule has 4 rings (SSSR count). The third-order valence-electron chi connectivity index (χ3n) is 4.86. The highest BCUT2D eigenvalue weighted by Crippen LogP contribution is 2.31. The summed E-state index contributed by atoms with van der Waals surface area (Å²) in [5.74, 6) is 0.157. The van der Waals surface area contributed by atoms with Crippen molar-refractivity contribution in [3.8, 4) is 11.5 Å². The maximum atomic E-state index is 12.3. The second-order valence-electron chi connectivity index (χ2n) is 7.20. The molecule has 2 aromatic rings. The summed E-state index contributed by atoms with van der Waals surface area (Å²) < 4.78 is 42.8. The number of likely N-dealkylation sites (N-methyl/N-ethyl adjacent to an activating group) is 1. The average Bonchev–Trinajstić information content (AvgIpc) is 3.06. The maximum absolute atomic E-state index is 12.3. The second kappa shape index (κ2) is 8.87. The molecule has 0 saturated carbocycles. The Hall–Kier alpha value is -3.60. The zero-order chi connectivity index (χ0) is 22.7. The fraction of sp³-hybridized carbons (Fsp3) is 0.286. The number of fused-ring (bicyclic) bond motifs is 2. The number of amidine groups is 1. The summed E-state index contributed by atoms with van der Waals surface area (Å²) in [6, 6.07) is 13.6. The third kappa shape index (κ3) is 4.67. The van der Waals surface area contributed by atoms with Gasteiger partial charge in [0.25, 0.3) is 15.9 Å². The van der Waals surface area contributed by atoms with Gasteiger partial charge in [0.05, 0.1) is 11.4 Å². The summed E-state index contributed by atoms with van der Waals surface area (Å²) in [5.41, 5.74) is 0.382. The summed E-state index contributed by atoms with van der Waals surface area (Å²) in [4.78, 5) is 29.8. The quantitative estimate of drug-likeness (QED) is 0.626. The Bertz CT molecular complexity index is 1180. The Morgan fingerprint density at radius 3 is 2.69 bits per heavy atom. The van der Waals surface area contributed by atoms with Gasteiger partial charge in [-0.05, 0) is 24.3 Å². The minimum absolute atomic E-state index is 0.0655. The lowest BCUT2D eigenvalue weighted by molar-refractivity contribution is -0.150. The van der Waals surface area contributed by atoms with E-state index in [1.54, 1.807) is 37.4 Å². The molecule has 0 spiro atoms. The normalized spacial score (nSPS) is 19.0. The highest BCUT2D eigenvalue weighted by atomic mass is 32.2. The van der Waals surface area contributed by atoms with Gasteiger partial charge < -0.3 is 19.1 Å². The molecule has 2 aromatic carbocycles. The van der Waals surface area contributed by atoms with Crippen LogP contribution in [-0.2, 0) is 24.3 Å². The second-order valence-corrected chi connectivity index (χ2v) is 8.85. The van der Waals surface area contributed by atoms with E-state index in [1.807, 2.05) is 12.1 Å². The van der Waals surface area contributed by atoms with E-state index in [0.717, 1.165) is 0 Å².